The number of rotatable bonds is 2. The second kappa shape index (κ2) is 5.25. The molecule has 0 amide bonds. The molecule has 0 saturated carbocycles. The number of hydrogen-bond donors (Lipinski definition) is 1. The molecule has 18 heavy (non-hydrogen) atoms. The monoisotopic (exact) mass is 268 g/mol. The van der Waals surface area contributed by atoms with Gasteiger partial charge in [0.05, 0.1) is 17.2 Å². The third-order valence-corrected chi connectivity index (χ3v) is 4.95. The first-order chi connectivity index (χ1) is 8.78. The van der Waals surface area contributed by atoms with E-state index in [1.54, 1.807) is 11.3 Å². The van der Waals surface area contributed by atoms with Gasteiger partial charge >= 0.3 is 0 Å². The predicted octanol–water partition coefficient (Wildman–Crippen LogP) is 1.65. The standard InChI is InChI=1S/C13H20N2O2S/c16-12-2-1-7-17-13(12)3-5-15(6-4-13)9-11-8-14-10-18-11/h8,10,12,16H,1-7,9H2. The molecule has 4 nitrogen and oxygen atoms in total. The van der Waals surface area contributed by atoms with E-state index < -0.39 is 0 Å². The summed E-state index contributed by atoms with van der Waals surface area (Å²) < 4.78 is 5.92. The highest BCUT2D eigenvalue weighted by atomic mass is 32.1. The molecule has 0 aliphatic carbocycles. The Kier molecular flexibility index (Phi) is 3.66. The van der Waals surface area contributed by atoms with Crippen molar-refractivity contribution in [2.24, 2.45) is 0 Å². The summed E-state index contributed by atoms with van der Waals surface area (Å²) >= 11 is 1.71. The Labute approximate surface area is 112 Å². The molecule has 1 atom stereocenters. The van der Waals surface area contributed by atoms with Crippen molar-refractivity contribution in [2.75, 3.05) is 19.7 Å². The van der Waals surface area contributed by atoms with Crippen LogP contribution in [0.4, 0.5) is 0 Å². The molecule has 2 aliphatic rings. The van der Waals surface area contributed by atoms with Crippen LogP contribution in [0.25, 0.3) is 0 Å². The Morgan fingerprint density at radius 3 is 3.00 bits per heavy atom. The van der Waals surface area contributed by atoms with Crippen molar-refractivity contribution in [3.8, 4) is 0 Å². The van der Waals surface area contributed by atoms with Crippen LogP contribution in [0.15, 0.2) is 11.7 Å². The lowest BCUT2D eigenvalue weighted by Crippen LogP contribution is -2.55. The fourth-order valence-corrected chi connectivity index (χ4v) is 3.66. The molecule has 1 aromatic rings. The third-order valence-electron chi connectivity index (χ3n) is 4.18. The summed E-state index contributed by atoms with van der Waals surface area (Å²) in [6.45, 7) is 3.81. The minimum absolute atomic E-state index is 0.248. The SMILES string of the molecule is OC1CCCOC12CCN(Cc1cncs1)CC2. The van der Waals surface area contributed by atoms with Gasteiger partial charge in [-0.2, -0.15) is 0 Å². The maximum Gasteiger partial charge on any atom is 0.0964 e. The van der Waals surface area contributed by atoms with E-state index in [4.69, 9.17) is 4.74 Å². The van der Waals surface area contributed by atoms with Crippen LogP contribution in [0.5, 0.6) is 0 Å². The largest absolute Gasteiger partial charge is 0.390 e. The van der Waals surface area contributed by atoms with Gasteiger partial charge in [0.2, 0.25) is 0 Å². The molecule has 0 bridgehead atoms. The molecular weight excluding hydrogens is 248 g/mol. The highest BCUT2D eigenvalue weighted by Gasteiger charge is 2.43. The number of aliphatic hydroxyl groups excluding tert-OH is 1. The van der Waals surface area contributed by atoms with Crippen LogP contribution in [0.3, 0.4) is 0 Å². The van der Waals surface area contributed by atoms with Crippen LogP contribution in [0.2, 0.25) is 0 Å². The van der Waals surface area contributed by atoms with Gasteiger partial charge in [0.1, 0.15) is 0 Å². The van der Waals surface area contributed by atoms with E-state index in [2.05, 4.69) is 9.88 Å². The normalized spacial score (nSPS) is 28.6. The van der Waals surface area contributed by atoms with Gasteiger partial charge in [-0.1, -0.05) is 0 Å². The second-order valence-electron chi connectivity index (χ2n) is 5.32. The molecule has 1 unspecified atom stereocenters. The average molecular weight is 268 g/mol. The van der Waals surface area contributed by atoms with Gasteiger partial charge < -0.3 is 9.84 Å². The maximum absolute atomic E-state index is 10.2. The zero-order chi connectivity index (χ0) is 12.4. The summed E-state index contributed by atoms with van der Waals surface area (Å²) in [5.74, 6) is 0. The van der Waals surface area contributed by atoms with Crippen LogP contribution < -0.4 is 0 Å². The van der Waals surface area contributed by atoms with Crippen LogP contribution in [0, 0.1) is 0 Å². The molecule has 2 saturated heterocycles. The summed E-state index contributed by atoms with van der Waals surface area (Å²) in [4.78, 5) is 7.86. The smallest absolute Gasteiger partial charge is 0.0964 e. The van der Waals surface area contributed by atoms with Crippen molar-refractivity contribution in [1.29, 1.82) is 0 Å². The van der Waals surface area contributed by atoms with Crippen LogP contribution in [-0.2, 0) is 11.3 Å². The van der Waals surface area contributed by atoms with Crippen molar-refractivity contribution in [3.63, 3.8) is 0 Å². The highest BCUT2D eigenvalue weighted by molar-refractivity contribution is 7.09. The lowest BCUT2D eigenvalue weighted by Gasteiger charge is -2.46. The number of ether oxygens (including phenoxy) is 1. The first-order valence-corrected chi connectivity index (χ1v) is 7.58. The van der Waals surface area contributed by atoms with Gasteiger partial charge in [0, 0.05) is 37.3 Å². The molecule has 1 aromatic heterocycles. The van der Waals surface area contributed by atoms with E-state index in [1.807, 2.05) is 11.7 Å². The Morgan fingerprint density at radius 2 is 2.33 bits per heavy atom. The molecule has 100 valence electrons. The minimum atomic E-state index is -0.267. The van der Waals surface area contributed by atoms with Gasteiger partial charge in [0.15, 0.2) is 0 Å². The van der Waals surface area contributed by atoms with E-state index >= 15 is 0 Å². The Bertz CT molecular complexity index is 374. The molecule has 5 heteroatoms. The summed E-state index contributed by atoms with van der Waals surface area (Å²) in [6.07, 6.45) is 5.47. The quantitative estimate of drug-likeness (QED) is 0.886. The zero-order valence-electron chi connectivity index (χ0n) is 10.5. The van der Waals surface area contributed by atoms with Gasteiger partial charge in [-0.05, 0) is 25.7 Å². The first kappa shape index (κ1) is 12.5. The summed E-state index contributed by atoms with van der Waals surface area (Å²) in [5.41, 5.74) is 1.64. The van der Waals surface area contributed by atoms with Gasteiger partial charge in [0.25, 0.3) is 0 Å². The first-order valence-electron chi connectivity index (χ1n) is 6.70. The number of nitrogens with zero attached hydrogens (tertiary/aromatic N) is 2. The molecule has 3 rings (SSSR count). The van der Waals surface area contributed by atoms with Gasteiger partial charge in [-0.15, -0.1) is 11.3 Å². The van der Waals surface area contributed by atoms with Crippen LogP contribution in [-0.4, -0.2) is 46.4 Å². The Morgan fingerprint density at radius 1 is 1.50 bits per heavy atom. The van der Waals surface area contributed by atoms with Crippen LogP contribution >= 0.6 is 11.3 Å². The van der Waals surface area contributed by atoms with E-state index in [0.29, 0.717) is 0 Å². The number of likely N-dealkylation sites (tertiary alicyclic amines) is 1. The van der Waals surface area contributed by atoms with Crippen LogP contribution in [0.1, 0.15) is 30.6 Å². The molecular formula is C13H20N2O2S. The number of aliphatic hydroxyl groups is 1. The number of hydrogen-bond acceptors (Lipinski definition) is 5. The Hall–Kier alpha value is -0.490. The third kappa shape index (κ3) is 2.45. The number of piperidine rings is 1. The maximum atomic E-state index is 10.2. The molecule has 2 fully saturated rings. The predicted molar refractivity (Wildman–Crippen MR) is 70.5 cm³/mol. The lowest BCUT2D eigenvalue weighted by molar-refractivity contribution is -0.177. The molecule has 2 aliphatic heterocycles. The van der Waals surface area contributed by atoms with E-state index in [1.165, 1.54) is 4.88 Å². The lowest BCUT2D eigenvalue weighted by atomic mass is 9.82. The van der Waals surface area contributed by atoms with Crippen molar-refractivity contribution >= 4 is 11.3 Å². The fraction of sp³-hybridized carbons (Fsp3) is 0.769. The minimum Gasteiger partial charge on any atom is -0.390 e. The Balaban J connectivity index is 1.57. The zero-order valence-corrected chi connectivity index (χ0v) is 11.4. The summed E-state index contributed by atoms with van der Waals surface area (Å²) in [7, 11) is 0. The average Bonchev–Trinajstić information content (AvgIpc) is 2.89. The topological polar surface area (TPSA) is 45.6 Å². The summed E-state index contributed by atoms with van der Waals surface area (Å²) in [6, 6.07) is 0. The number of thiazole rings is 1. The molecule has 0 aromatic carbocycles. The van der Waals surface area contributed by atoms with E-state index in [0.717, 1.165) is 51.9 Å². The van der Waals surface area contributed by atoms with Crippen molar-refractivity contribution < 1.29 is 9.84 Å². The van der Waals surface area contributed by atoms with Crippen molar-refractivity contribution in [2.45, 2.75) is 43.9 Å². The molecule has 0 radical (unpaired) electrons. The molecule has 3 heterocycles. The van der Waals surface area contributed by atoms with Gasteiger partial charge in [-0.25, -0.2) is 0 Å². The number of aromatic nitrogens is 1. The molecule has 1 N–H and O–H groups in total. The summed E-state index contributed by atoms with van der Waals surface area (Å²) in [5, 5.41) is 10.2. The van der Waals surface area contributed by atoms with Crippen molar-refractivity contribution in [1.82, 2.24) is 9.88 Å². The highest BCUT2D eigenvalue weighted by Crippen LogP contribution is 2.35. The van der Waals surface area contributed by atoms with E-state index in [9.17, 15) is 5.11 Å². The van der Waals surface area contributed by atoms with Gasteiger partial charge in [-0.3, -0.25) is 9.88 Å². The van der Waals surface area contributed by atoms with E-state index in [-0.39, 0.29) is 11.7 Å². The van der Waals surface area contributed by atoms with Crippen molar-refractivity contribution in [3.05, 3.63) is 16.6 Å². The fourth-order valence-electron chi connectivity index (χ4n) is 3.02. The molecule has 1 spiro atoms. The second-order valence-corrected chi connectivity index (χ2v) is 6.29.